The lowest BCUT2D eigenvalue weighted by Gasteiger charge is -2.30. The maximum atomic E-state index is 10.7. The summed E-state index contributed by atoms with van der Waals surface area (Å²) in [5.41, 5.74) is 6.87. The van der Waals surface area contributed by atoms with Gasteiger partial charge < -0.3 is 16.4 Å². The Morgan fingerprint density at radius 3 is 2.61 bits per heavy atom. The Morgan fingerprint density at radius 2 is 2.00 bits per heavy atom. The molecule has 1 heterocycles. The van der Waals surface area contributed by atoms with Gasteiger partial charge in [0.05, 0.1) is 0 Å². The molecule has 1 aromatic carbocycles. The van der Waals surface area contributed by atoms with Crippen LogP contribution in [-0.4, -0.2) is 23.1 Å². The van der Waals surface area contributed by atoms with Crippen molar-refractivity contribution >= 4 is 29.2 Å². The standard InChI is InChI=1S/C13H19N3OS/c1-9-12(3-2-8-18-9)15-10-4-6-11(7-5-10)16-13(14)17/h4-7,9,12,15H,2-3,8H2,1H3,(H3,14,16,17). The monoisotopic (exact) mass is 265 g/mol. The minimum absolute atomic E-state index is 0.527. The van der Waals surface area contributed by atoms with Gasteiger partial charge in [-0.05, 0) is 42.9 Å². The van der Waals surface area contributed by atoms with Gasteiger partial charge in [0.2, 0.25) is 0 Å². The molecule has 2 atom stereocenters. The second-order valence-corrected chi connectivity index (χ2v) is 6.02. The summed E-state index contributed by atoms with van der Waals surface area (Å²) in [6.07, 6.45) is 2.49. The number of thioether (sulfide) groups is 1. The van der Waals surface area contributed by atoms with E-state index >= 15 is 0 Å². The average Bonchev–Trinajstić information content (AvgIpc) is 2.34. The Labute approximate surface area is 112 Å². The Bertz CT molecular complexity index is 407. The van der Waals surface area contributed by atoms with Gasteiger partial charge in [-0.15, -0.1) is 0 Å². The van der Waals surface area contributed by atoms with Gasteiger partial charge in [-0.1, -0.05) is 6.92 Å². The van der Waals surface area contributed by atoms with E-state index in [0.29, 0.717) is 11.3 Å². The van der Waals surface area contributed by atoms with Crippen LogP contribution in [0.5, 0.6) is 0 Å². The predicted octanol–water partition coefficient (Wildman–Crippen LogP) is 2.87. The topological polar surface area (TPSA) is 67.2 Å². The van der Waals surface area contributed by atoms with Gasteiger partial charge in [0.25, 0.3) is 0 Å². The first-order valence-electron chi connectivity index (χ1n) is 6.20. The smallest absolute Gasteiger partial charge is 0.316 e. The molecule has 2 rings (SSSR count). The molecule has 18 heavy (non-hydrogen) atoms. The number of nitrogens with one attached hydrogen (secondary N) is 2. The first-order chi connectivity index (χ1) is 8.65. The summed E-state index contributed by atoms with van der Waals surface area (Å²) in [7, 11) is 0. The fraction of sp³-hybridized carbons (Fsp3) is 0.462. The zero-order valence-electron chi connectivity index (χ0n) is 10.5. The van der Waals surface area contributed by atoms with Crippen LogP contribution < -0.4 is 16.4 Å². The SMILES string of the molecule is CC1SCCCC1Nc1ccc(NC(N)=O)cc1. The van der Waals surface area contributed by atoms with Gasteiger partial charge in [-0.25, -0.2) is 4.79 Å². The molecule has 0 bridgehead atoms. The summed E-state index contributed by atoms with van der Waals surface area (Å²) in [4.78, 5) is 10.7. The number of carbonyl (C=O) groups is 1. The summed E-state index contributed by atoms with van der Waals surface area (Å²) in [5, 5.41) is 6.74. The van der Waals surface area contributed by atoms with Crippen molar-refractivity contribution in [3.63, 3.8) is 0 Å². The van der Waals surface area contributed by atoms with Gasteiger partial charge in [0, 0.05) is 22.7 Å². The van der Waals surface area contributed by atoms with Crippen molar-refractivity contribution in [1.82, 2.24) is 0 Å². The quantitative estimate of drug-likeness (QED) is 0.787. The number of anilines is 2. The molecule has 1 fully saturated rings. The van der Waals surface area contributed by atoms with Crippen LogP contribution in [0.3, 0.4) is 0 Å². The lowest BCUT2D eigenvalue weighted by atomic mass is 10.1. The van der Waals surface area contributed by atoms with Crippen molar-refractivity contribution in [2.24, 2.45) is 5.73 Å². The second-order valence-electron chi connectivity index (χ2n) is 4.54. The summed E-state index contributed by atoms with van der Waals surface area (Å²) < 4.78 is 0. The molecule has 0 spiro atoms. The maximum Gasteiger partial charge on any atom is 0.316 e. The Morgan fingerprint density at radius 1 is 1.33 bits per heavy atom. The minimum atomic E-state index is -0.534. The second kappa shape index (κ2) is 6.00. The Hall–Kier alpha value is -1.36. The van der Waals surface area contributed by atoms with Crippen LogP contribution in [0.25, 0.3) is 0 Å². The van der Waals surface area contributed by atoms with Crippen LogP contribution in [0.4, 0.5) is 16.2 Å². The number of rotatable bonds is 3. The third-order valence-corrected chi connectivity index (χ3v) is 4.49. The van der Waals surface area contributed by atoms with Crippen LogP contribution in [0.15, 0.2) is 24.3 Å². The first-order valence-corrected chi connectivity index (χ1v) is 7.24. The van der Waals surface area contributed by atoms with E-state index in [4.69, 9.17) is 5.73 Å². The van der Waals surface area contributed by atoms with E-state index < -0.39 is 6.03 Å². The molecular formula is C13H19N3OS. The summed E-state index contributed by atoms with van der Waals surface area (Å²) in [6.45, 7) is 2.27. The minimum Gasteiger partial charge on any atom is -0.381 e. The predicted molar refractivity (Wildman–Crippen MR) is 78.2 cm³/mol. The molecule has 1 saturated heterocycles. The van der Waals surface area contributed by atoms with Gasteiger partial charge in [0.15, 0.2) is 0 Å². The van der Waals surface area contributed by atoms with Crippen molar-refractivity contribution < 1.29 is 4.79 Å². The fourth-order valence-corrected chi connectivity index (χ4v) is 3.26. The third-order valence-electron chi connectivity index (χ3n) is 3.11. The number of hydrogen-bond donors (Lipinski definition) is 3. The van der Waals surface area contributed by atoms with Crippen molar-refractivity contribution in [2.45, 2.75) is 31.1 Å². The molecule has 0 radical (unpaired) electrons. The number of amides is 2. The van der Waals surface area contributed by atoms with Gasteiger partial charge in [-0.3, -0.25) is 0 Å². The Balaban J connectivity index is 1.95. The summed E-state index contributed by atoms with van der Waals surface area (Å²) in [6, 6.07) is 7.64. The van der Waals surface area contributed by atoms with E-state index in [9.17, 15) is 4.79 Å². The number of carbonyl (C=O) groups excluding carboxylic acids is 1. The molecule has 5 heteroatoms. The highest BCUT2D eigenvalue weighted by Crippen LogP contribution is 2.27. The van der Waals surface area contributed by atoms with E-state index in [1.54, 1.807) is 0 Å². The molecule has 2 unspecified atom stereocenters. The van der Waals surface area contributed by atoms with Crippen LogP contribution in [0.1, 0.15) is 19.8 Å². The molecule has 0 aromatic heterocycles. The van der Waals surface area contributed by atoms with Crippen molar-refractivity contribution in [3.05, 3.63) is 24.3 Å². The third kappa shape index (κ3) is 3.57. The van der Waals surface area contributed by atoms with E-state index in [-0.39, 0.29) is 0 Å². The van der Waals surface area contributed by atoms with Crippen LogP contribution >= 0.6 is 11.8 Å². The normalized spacial score (nSPS) is 23.4. The molecule has 0 aliphatic carbocycles. The van der Waals surface area contributed by atoms with Crippen molar-refractivity contribution in [1.29, 1.82) is 0 Å². The van der Waals surface area contributed by atoms with E-state index in [1.807, 2.05) is 36.0 Å². The maximum absolute atomic E-state index is 10.7. The summed E-state index contributed by atoms with van der Waals surface area (Å²) >= 11 is 2.02. The van der Waals surface area contributed by atoms with Crippen LogP contribution in [0, 0.1) is 0 Å². The molecule has 0 saturated carbocycles. The van der Waals surface area contributed by atoms with E-state index in [1.165, 1.54) is 18.6 Å². The molecule has 98 valence electrons. The molecule has 1 aromatic rings. The molecule has 1 aliphatic rings. The molecule has 4 N–H and O–H groups in total. The average molecular weight is 265 g/mol. The summed E-state index contributed by atoms with van der Waals surface area (Å²) in [5.74, 6) is 1.26. The van der Waals surface area contributed by atoms with Gasteiger partial charge in [-0.2, -0.15) is 11.8 Å². The molecule has 2 amide bonds. The first kappa shape index (κ1) is 13.1. The largest absolute Gasteiger partial charge is 0.381 e. The number of primary amides is 1. The molecule has 4 nitrogen and oxygen atoms in total. The van der Waals surface area contributed by atoms with Crippen molar-refractivity contribution in [2.75, 3.05) is 16.4 Å². The highest BCUT2D eigenvalue weighted by Gasteiger charge is 2.21. The molecule has 1 aliphatic heterocycles. The zero-order valence-corrected chi connectivity index (χ0v) is 11.3. The van der Waals surface area contributed by atoms with Gasteiger partial charge >= 0.3 is 6.03 Å². The Kier molecular flexibility index (Phi) is 4.36. The molecular weight excluding hydrogens is 246 g/mol. The highest BCUT2D eigenvalue weighted by atomic mass is 32.2. The zero-order chi connectivity index (χ0) is 13.0. The number of urea groups is 1. The van der Waals surface area contributed by atoms with E-state index in [0.717, 1.165) is 11.4 Å². The van der Waals surface area contributed by atoms with E-state index in [2.05, 4.69) is 17.6 Å². The number of benzene rings is 1. The lowest BCUT2D eigenvalue weighted by Crippen LogP contribution is -2.32. The highest BCUT2D eigenvalue weighted by molar-refractivity contribution is 8.00. The fourth-order valence-electron chi connectivity index (χ4n) is 2.12. The number of hydrogen-bond acceptors (Lipinski definition) is 3. The van der Waals surface area contributed by atoms with Gasteiger partial charge in [0.1, 0.15) is 0 Å². The number of nitrogens with two attached hydrogens (primary N) is 1. The van der Waals surface area contributed by atoms with Crippen LogP contribution in [0.2, 0.25) is 0 Å². The van der Waals surface area contributed by atoms with Crippen LogP contribution in [-0.2, 0) is 0 Å². The van der Waals surface area contributed by atoms with Crippen molar-refractivity contribution in [3.8, 4) is 0 Å². The lowest BCUT2D eigenvalue weighted by molar-refractivity contribution is 0.259.